The first-order valence-electron chi connectivity index (χ1n) is 5.08. The Morgan fingerprint density at radius 3 is 2.61 bits per heavy atom. The first kappa shape index (κ1) is 14.5. The van der Waals surface area contributed by atoms with Gasteiger partial charge in [-0.2, -0.15) is 0 Å². The summed E-state index contributed by atoms with van der Waals surface area (Å²) in [7, 11) is 4.54. The number of anilines is 2. The third kappa shape index (κ3) is 3.00. The van der Waals surface area contributed by atoms with Crippen LogP contribution in [0.1, 0.15) is 9.67 Å². The van der Waals surface area contributed by atoms with Crippen molar-refractivity contribution in [1.29, 1.82) is 0 Å². The SMILES string of the molecule is COc1c(NCC(F)F)sc(C(=O)N(C)C)c1N. The van der Waals surface area contributed by atoms with Crippen molar-refractivity contribution in [1.82, 2.24) is 4.90 Å². The minimum Gasteiger partial charge on any atom is -0.492 e. The normalized spacial score (nSPS) is 10.6. The second-order valence-electron chi connectivity index (χ2n) is 3.68. The van der Waals surface area contributed by atoms with Crippen LogP contribution in [-0.4, -0.2) is 45.0 Å². The molecule has 0 aromatic carbocycles. The summed E-state index contributed by atoms with van der Waals surface area (Å²) in [6, 6.07) is 0. The van der Waals surface area contributed by atoms with Gasteiger partial charge >= 0.3 is 0 Å². The molecule has 1 heterocycles. The summed E-state index contributed by atoms with van der Waals surface area (Å²) >= 11 is 1.00. The van der Waals surface area contributed by atoms with Crippen LogP contribution in [0.5, 0.6) is 5.75 Å². The van der Waals surface area contributed by atoms with Gasteiger partial charge in [-0.05, 0) is 0 Å². The molecular weight excluding hydrogens is 264 g/mol. The van der Waals surface area contributed by atoms with E-state index in [1.165, 1.54) is 12.0 Å². The van der Waals surface area contributed by atoms with Crippen LogP contribution in [0.3, 0.4) is 0 Å². The molecule has 102 valence electrons. The van der Waals surface area contributed by atoms with Gasteiger partial charge in [0.1, 0.15) is 15.6 Å². The predicted molar refractivity (Wildman–Crippen MR) is 67.8 cm³/mol. The Labute approximate surface area is 108 Å². The van der Waals surface area contributed by atoms with E-state index in [9.17, 15) is 13.6 Å². The lowest BCUT2D eigenvalue weighted by molar-refractivity contribution is 0.0833. The molecule has 0 bridgehead atoms. The molecular formula is C10H15F2N3O2S. The second-order valence-corrected chi connectivity index (χ2v) is 4.70. The number of nitrogens with zero attached hydrogens (tertiary/aromatic N) is 1. The van der Waals surface area contributed by atoms with Crippen LogP contribution in [0.25, 0.3) is 0 Å². The number of hydrogen-bond acceptors (Lipinski definition) is 5. The maximum Gasteiger partial charge on any atom is 0.265 e. The van der Waals surface area contributed by atoms with Gasteiger partial charge in [-0.3, -0.25) is 4.79 Å². The third-order valence-corrected chi connectivity index (χ3v) is 3.25. The average molecular weight is 279 g/mol. The lowest BCUT2D eigenvalue weighted by Gasteiger charge is -2.08. The summed E-state index contributed by atoms with van der Waals surface area (Å²) in [5.74, 6) is -0.0632. The second kappa shape index (κ2) is 5.85. The Bertz CT molecular complexity index is 435. The van der Waals surface area contributed by atoms with E-state index in [1.54, 1.807) is 14.1 Å². The van der Waals surface area contributed by atoms with Crippen molar-refractivity contribution in [2.24, 2.45) is 0 Å². The lowest BCUT2D eigenvalue weighted by Crippen LogP contribution is -2.21. The van der Waals surface area contributed by atoms with E-state index in [4.69, 9.17) is 10.5 Å². The molecule has 5 nitrogen and oxygen atoms in total. The fourth-order valence-electron chi connectivity index (χ4n) is 1.28. The van der Waals surface area contributed by atoms with Crippen LogP contribution in [0.4, 0.5) is 19.5 Å². The number of carbonyl (C=O) groups excluding carboxylic acids is 1. The molecule has 0 fully saturated rings. The number of rotatable bonds is 5. The first-order valence-corrected chi connectivity index (χ1v) is 5.90. The largest absolute Gasteiger partial charge is 0.492 e. The molecule has 8 heteroatoms. The van der Waals surface area contributed by atoms with Crippen LogP contribution in [0, 0.1) is 0 Å². The number of thiophene rings is 1. The number of amides is 1. The standard InChI is InChI=1S/C10H15F2N3O2S/c1-15(2)10(16)8-6(13)7(17-3)9(18-8)14-4-5(11)12/h5,14H,4,13H2,1-3H3. The minimum atomic E-state index is -2.49. The van der Waals surface area contributed by atoms with E-state index >= 15 is 0 Å². The Hall–Kier alpha value is -1.57. The van der Waals surface area contributed by atoms with E-state index in [-0.39, 0.29) is 22.2 Å². The summed E-state index contributed by atoms with van der Waals surface area (Å²) in [6.07, 6.45) is -2.49. The molecule has 1 aromatic heterocycles. The number of alkyl halides is 2. The van der Waals surface area contributed by atoms with Gasteiger partial charge in [-0.1, -0.05) is 0 Å². The Morgan fingerprint density at radius 2 is 2.17 bits per heavy atom. The van der Waals surface area contributed by atoms with Crippen molar-refractivity contribution in [2.45, 2.75) is 6.43 Å². The van der Waals surface area contributed by atoms with Crippen LogP contribution in [0.2, 0.25) is 0 Å². The zero-order chi connectivity index (χ0) is 13.9. The average Bonchev–Trinajstić information content (AvgIpc) is 2.61. The van der Waals surface area contributed by atoms with Gasteiger partial charge in [-0.25, -0.2) is 8.78 Å². The minimum absolute atomic E-state index is 0.165. The molecule has 0 aliphatic carbocycles. The Balaban J connectivity index is 3.05. The number of ether oxygens (including phenoxy) is 1. The van der Waals surface area contributed by atoms with Crippen LogP contribution >= 0.6 is 11.3 Å². The molecule has 0 unspecified atom stereocenters. The van der Waals surface area contributed by atoms with Gasteiger partial charge in [0.2, 0.25) is 0 Å². The van der Waals surface area contributed by atoms with E-state index in [2.05, 4.69) is 5.32 Å². The molecule has 1 aromatic rings. The molecule has 0 aliphatic heterocycles. The number of halogens is 2. The highest BCUT2D eigenvalue weighted by atomic mass is 32.1. The first-order chi connectivity index (χ1) is 8.38. The molecule has 3 N–H and O–H groups in total. The van der Waals surface area contributed by atoms with E-state index in [0.717, 1.165) is 11.3 Å². The molecule has 18 heavy (non-hydrogen) atoms. The van der Waals surface area contributed by atoms with Crippen molar-refractivity contribution in [3.63, 3.8) is 0 Å². The number of carbonyl (C=O) groups is 1. The van der Waals surface area contributed by atoms with Gasteiger partial charge in [0, 0.05) is 14.1 Å². The summed E-state index contributed by atoms with van der Waals surface area (Å²) in [5, 5.41) is 2.85. The fourth-order valence-corrected chi connectivity index (χ4v) is 2.40. The smallest absolute Gasteiger partial charge is 0.265 e. The zero-order valence-electron chi connectivity index (χ0n) is 10.3. The van der Waals surface area contributed by atoms with Gasteiger partial charge < -0.3 is 20.7 Å². The van der Waals surface area contributed by atoms with Crippen molar-refractivity contribution >= 4 is 27.9 Å². The zero-order valence-corrected chi connectivity index (χ0v) is 11.1. The molecule has 0 aliphatic rings. The van der Waals surface area contributed by atoms with Crippen molar-refractivity contribution in [3.05, 3.63) is 4.88 Å². The summed E-state index contributed by atoms with van der Waals surface area (Å²) in [5.41, 5.74) is 5.93. The summed E-state index contributed by atoms with van der Waals surface area (Å²) in [6.45, 7) is -0.522. The van der Waals surface area contributed by atoms with Gasteiger partial charge in [-0.15, -0.1) is 11.3 Å². The lowest BCUT2D eigenvalue weighted by atomic mass is 10.3. The summed E-state index contributed by atoms with van der Waals surface area (Å²) < 4.78 is 29.3. The molecule has 1 rings (SSSR count). The third-order valence-electron chi connectivity index (χ3n) is 2.12. The van der Waals surface area contributed by atoms with Gasteiger partial charge in [0.05, 0.1) is 13.7 Å². The highest BCUT2D eigenvalue weighted by Gasteiger charge is 2.23. The highest BCUT2D eigenvalue weighted by molar-refractivity contribution is 7.19. The fraction of sp³-hybridized carbons (Fsp3) is 0.500. The predicted octanol–water partition coefficient (Wildman–Crippen LogP) is 1.72. The number of hydrogen-bond donors (Lipinski definition) is 2. The summed E-state index contributed by atoms with van der Waals surface area (Å²) in [4.78, 5) is 13.4. The maximum absolute atomic E-state index is 12.1. The maximum atomic E-state index is 12.1. The molecule has 0 spiro atoms. The molecule has 0 saturated carbocycles. The quantitative estimate of drug-likeness (QED) is 0.861. The topological polar surface area (TPSA) is 67.6 Å². The highest BCUT2D eigenvalue weighted by Crippen LogP contribution is 2.42. The number of methoxy groups -OCH3 is 1. The van der Waals surface area contributed by atoms with E-state index in [1.807, 2.05) is 0 Å². The number of nitrogen functional groups attached to an aromatic ring is 1. The van der Waals surface area contributed by atoms with Crippen molar-refractivity contribution < 1.29 is 18.3 Å². The van der Waals surface area contributed by atoms with Gasteiger partial charge in [0.25, 0.3) is 12.3 Å². The molecule has 0 atom stereocenters. The van der Waals surface area contributed by atoms with E-state index < -0.39 is 13.0 Å². The van der Waals surface area contributed by atoms with Crippen LogP contribution < -0.4 is 15.8 Å². The molecule has 0 saturated heterocycles. The molecule has 0 radical (unpaired) electrons. The Morgan fingerprint density at radius 1 is 1.56 bits per heavy atom. The van der Waals surface area contributed by atoms with Crippen molar-refractivity contribution in [2.75, 3.05) is 38.8 Å². The monoisotopic (exact) mass is 279 g/mol. The number of nitrogens with one attached hydrogen (secondary N) is 1. The van der Waals surface area contributed by atoms with Gasteiger partial charge in [0.15, 0.2) is 5.75 Å². The Kier molecular flexibility index (Phi) is 4.71. The number of nitrogens with two attached hydrogens (primary N) is 1. The van der Waals surface area contributed by atoms with Crippen molar-refractivity contribution in [3.8, 4) is 5.75 Å². The van der Waals surface area contributed by atoms with Crippen LogP contribution in [-0.2, 0) is 0 Å². The van der Waals surface area contributed by atoms with Crippen LogP contribution in [0.15, 0.2) is 0 Å². The molecule has 1 amide bonds. The van der Waals surface area contributed by atoms with E-state index in [0.29, 0.717) is 5.00 Å².